The van der Waals surface area contributed by atoms with Crippen molar-refractivity contribution in [2.45, 2.75) is 38.9 Å². The molecule has 0 aromatic heterocycles. The maximum Gasteiger partial charge on any atom is 1.00 e. The van der Waals surface area contributed by atoms with Gasteiger partial charge in [0.25, 0.3) is 0 Å². The van der Waals surface area contributed by atoms with E-state index in [1.165, 1.54) is 0 Å². The molecule has 90 valence electrons. The van der Waals surface area contributed by atoms with Crippen LogP contribution in [0.3, 0.4) is 0 Å². The fourth-order valence-corrected chi connectivity index (χ4v) is 1.63. The molecule has 0 radical (unpaired) electrons. The predicted octanol–water partition coefficient (Wildman–Crippen LogP) is 0.955. The summed E-state index contributed by atoms with van der Waals surface area (Å²) in [6, 6.07) is 0. The van der Waals surface area contributed by atoms with Gasteiger partial charge in [-0.15, -0.1) is 5.98 Å². The van der Waals surface area contributed by atoms with Crippen molar-refractivity contribution in [3.05, 3.63) is 12.1 Å². The van der Waals surface area contributed by atoms with E-state index in [0.717, 1.165) is 6.08 Å². The monoisotopic (exact) mass is 278 g/mol. The molecule has 0 rings (SSSR count). The van der Waals surface area contributed by atoms with E-state index in [1.807, 2.05) is 13.1 Å². The minimum absolute atomic E-state index is 0. The first-order valence-corrected chi connectivity index (χ1v) is 7.88. The smallest absolute Gasteiger partial charge is 0.445 e. The van der Waals surface area contributed by atoms with Gasteiger partial charge in [0.1, 0.15) is 0 Å². The van der Waals surface area contributed by atoms with Crippen molar-refractivity contribution in [2.75, 3.05) is 6.61 Å². The molecule has 0 aliphatic rings. The van der Waals surface area contributed by atoms with E-state index in [9.17, 15) is 12.9 Å². The largest absolute Gasteiger partial charge is 1.00 e. The Kier molecular flexibility index (Phi) is 8.77. The average molecular weight is 278 g/mol. The Morgan fingerprint density at radius 2 is 1.62 bits per heavy atom. The van der Waals surface area contributed by atoms with Crippen LogP contribution in [0, 0.1) is 0 Å². The molecule has 0 fully saturated rings. The molecule has 0 aromatic rings. The Balaban J connectivity index is 0. The van der Waals surface area contributed by atoms with Crippen molar-refractivity contribution in [3.8, 4) is 0 Å². The van der Waals surface area contributed by atoms with Gasteiger partial charge in [0.2, 0.25) is 0 Å². The van der Waals surface area contributed by atoms with Gasteiger partial charge in [0.05, 0.1) is 0 Å². The van der Waals surface area contributed by atoms with E-state index in [-0.39, 0.29) is 69.0 Å². The van der Waals surface area contributed by atoms with Gasteiger partial charge in [-0.2, -0.15) is 0 Å². The summed E-state index contributed by atoms with van der Waals surface area (Å²) >= 11 is 0. The van der Waals surface area contributed by atoms with Gasteiger partial charge < -0.3 is 17.4 Å². The number of hydrogen-bond donors (Lipinski definition) is 0. The Labute approximate surface area is 140 Å². The molecule has 1 nitrogen and oxygen atoms in total. The van der Waals surface area contributed by atoms with Crippen molar-refractivity contribution in [1.82, 2.24) is 0 Å². The summed E-state index contributed by atoms with van der Waals surface area (Å²) < 4.78 is 41.1. The van der Waals surface area contributed by atoms with Crippen LogP contribution in [0.25, 0.3) is 0 Å². The van der Waals surface area contributed by atoms with Crippen LogP contribution < -0.4 is 51.4 Å². The van der Waals surface area contributed by atoms with Crippen molar-refractivity contribution >= 4 is 15.3 Å². The fourth-order valence-electron chi connectivity index (χ4n) is 0.683. The Morgan fingerprint density at radius 1 is 1.19 bits per heavy atom. The van der Waals surface area contributed by atoms with Gasteiger partial charge in [-0.3, -0.25) is 0 Å². The van der Waals surface area contributed by atoms with Crippen LogP contribution >= 0.6 is 0 Å². The van der Waals surface area contributed by atoms with Crippen LogP contribution in [0.15, 0.2) is 12.1 Å². The van der Waals surface area contributed by atoms with E-state index in [4.69, 9.17) is 4.43 Å². The van der Waals surface area contributed by atoms with Crippen molar-refractivity contribution in [1.29, 1.82) is 0 Å². The average Bonchev–Trinajstić information content (AvgIpc) is 1.94. The summed E-state index contributed by atoms with van der Waals surface area (Å²) in [7, 11) is -1.91. The molecule has 0 atom stereocenters. The standard InChI is InChI=1S/C9H19BF3OSi.K/c1-9(2,3)15(4,5)14-8-6-7-10(11,12)13;/h6-7H,8H2,1-5H3;/q-1;+1/b7-6+;. The van der Waals surface area contributed by atoms with Crippen LogP contribution in [0.2, 0.25) is 18.1 Å². The third kappa shape index (κ3) is 8.49. The molecule has 0 N–H and O–H groups in total. The molecule has 0 bridgehead atoms. The van der Waals surface area contributed by atoms with Crippen LogP contribution in [0.1, 0.15) is 20.8 Å². The molecule has 0 heterocycles. The first-order chi connectivity index (χ1) is 6.46. The van der Waals surface area contributed by atoms with Crippen LogP contribution in [0.5, 0.6) is 0 Å². The minimum Gasteiger partial charge on any atom is -0.445 e. The molecule has 0 aliphatic carbocycles. The van der Waals surface area contributed by atoms with E-state index >= 15 is 0 Å². The number of hydrogen-bond acceptors (Lipinski definition) is 1. The minimum atomic E-state index is -4.83. The normalized spacial score (nSPS) is 14.0. The molecule has 0 spiro atoms. The fraction of sp³-hybridized carbons (Fsp3) is 0.778. The second-order valence-electron chi connectivity index (χ2n) is 5.12. The molecule has 0 saturated heterocycles. The summed E-state index contributed by atoms with van der Waals surface area (Å²) in [5, 5.41) is 0.0320. The Bertz CT molecular complexity index is 236. The second-order valence-corrected chi connectivity index (χ2v) is 9.93. The molecule has 16 heavy (non-hydrogen) atoms. The zero-order valence-corrected chi connectivity index (χ0v) is 15.1. The summed E-state index contributed by atoms with van der Waals surface area (Å²) in [6.45, 7) is 5.41. The zero-order chi connectivity index (χ0) is 12.3. The van der Waals surface area contributed by atoms with Crippen LogP contribution in [-0.2, 0) is 4.43 Å². The molecule has 0 unspecified atom stereocenters. The van der Waals surface area contributed by atoms with E-state index in [2.05, 4.69) is 20.8 Å². The number of halogens is 3. The summed E-state index contributed by atoms with van der Waals surface area (Å²) in [6.07, 6.45) is 1.06. The van der Waals surface area contributed by atoms with Gasteiger partial charge in [-0.1, -0.05) is 26.8 Å². The van der Waals surface area contributed by atoms with Gasteiger partial charge in [-0.05, 0) is 18.1 Å². The van der Waals surface area contributed by atoms with Gasteiger partial charge >= 0.3 is 58.4 Å². The first-order valence-electron chi connectivity index (χ1n) is 4.97. The third-order valence-electron chi connectivity index (χ3n) is 2.70. The Morgan fingerprint density at radius 3 is 1.94 bits per heavy atom. The van der Waals surface area contributed by atoms with E-state index in [0.29, 0.717) is 0 Å². The predicted molar refractivity (Wildman–Crippen MR) is 61.4 cm³/mol. The maximum atomic E-state index is 11.8. The molecular formula is C9H19BF3KOSi. The Hall–Kier alpha value is 1.41. The first kappa shape index (κ1) is 19.7. The summed E-state index contributed by atoms with van der Waals surface area (Å²) in [5.74, 6) is 0.285. The maximum absolute atomic E-state index is 11.8. The van der Waals surface area contributed by atoms with E-state index in [1.54, 1.807) is 0 Å². The quantitative estimate of drug-likeness (QED) is 0.696. The van der Waals surface area contributed by atoms with Crippen LogP contribution in [-0.4, -0.2) is 21.9 Å². The summed E-state index contributed by atoms with van der Waals surface area (Å²) in [4.78, 5) is 0. The van der Waals surface area contributed by atoms with Gasteiger partial charge in [-0.25, -0.2) is 0 Å². The molecule has 0 saturated carbocycles. The van der Waals surface area contributed by atoms with Gasteiger partial charge in [0.15, 0.2) is 8.32 Å². The van der Waals surface area contributed by atoms with Crippen molar-refractivity contribution in [2.24, 2.45) is 0 Å². The summed E-state index contributed by atoms with van der Waals surface area (Å²) in [5.41, 5.74) is 0. The van der Waals surface area contributed by atoms with Gasteiger partial charge in [0, 0.05) is 6.61 Å². The topological polar surface area (TPSA) is 9.23 Å². The molecule has 0 aliphatic heterocycles. The molecular weight excluding hydrogens is 259 g/mol. The zero-order valence-electron chi connectivity index (χ0n) is 11.0. The van der Waals surface area contributed by atoms with Crippen LogP contribution in [0.4, 0.5) is 12.9 Å². The van der Waals surface area contributed by atoms with E-state index < -0.39 is 15.3 Å². The SMILES string of the molecule is CC(C)(C)[Si](C)(C)OC/C=C/[B-](F)(F)F.[K+]. The third-order valence-corrected chi connectivity index (χ3v) is 7.20. The molecule has 0 aromatic carbocycles. The number of rotatable bonds is 4. The van der Waals surface area contributed by atoms with Crippen molar-refractivity contribution in [3.63, 3.8) is 0 Å². The second kappa shape index (κ2) is 7.11. The van der Waals surface area contributed by atoms with Crippen molar-refractivity contribution < 1.29 is 68.8 Å². The molecule has 0 amide bonds. The molecule has 7 heteroatoms.